The van der Waals surface area contributed by atoms with Crippen molar-refractivity contribution in [2.45, 2.75) is 25.8 Å². The first kappa shape index (κ1) is 10.8. The van der Waals surface area contributed by atoms with E-state index in [4.69, 9.17) is 16.3 Å². The van der Waals surface area contributed by atoms with Crippen LogP contribution < -0.4 is 4.74 Å². The van der Waals surface area contributed by atoms with E-state index in [2.05, 4.69) is 20.9 Å². The molecule has 1 heterocycles. The number of alkyl halides is 1. The number of ether oxygens (including phenoxy) is 1. The first-order valence-electron chi connectivity index (χ1n) is 4.00. The summed E-state index contributed by atoms with van der Waals surface area (Å²) in [4.78, 5) is 4.14. The predicted molar refractivity (Wildman–Crippen MR) is 57.3 cm³/mol. The molecule has 0 saturated heterocycles. The van der Waals surface area contributed by atoms with Crippen LogP contribution in [0.25, 0.3) is 0 Å². The lowest BCUT2D eigenvalue weighted by Crippen LogP contribution is -2.07. The van der Waals surface area contributed by atoms with Crippen molar-refractivity contribution in [2.24, 2.45) is 0 Å². The van der Waals surface area contributed by atoms with Crippen molar-refractivity contribution in [2.75, 3.05) is 0 Å². The van der Waals surface area contributed by atoms with Crippen LogP contribution in [0.4, 0.5) is 0 Å². The smallest absolute Gasteiger partial charge is 0.228 e. The van der Waals surface area contributed by atoms with Crippen LogP contribution in [0.15, 0.2) is 16.7 Å². The minimum Gasteiger partial charge on any atom is -0.474 e. The number of halogens is 2. The highest BCUT2D eigenvalue weighted by Gasteiger charge is 2.05. The van der Waals surface area contributed by atoms with E-state index in [0.717, 1.165) is 10.0 Å². The Morgan fingerprint density at radius 2 is 2.31 bits per heavy atom. The fourth-order valence-electron chi connectivity index (χ4n) is 0.848. The van der Waals surface area contributed by atoms with Gasteiger partial charge in [-0.2, -0.15) is 0 Å². The number of hydrogen-bond acceptors (Lipinski definition) is 2. The summed E-state index contributed by atoms with van der Waals surface area (Å²) in [7, 11) is 0. The van der Waals surface area contributed by atoms with E-state index < -0.39 is 0 Å². The Morgan fingerprint density at radius 1 is 1.62 bits per heavy atom. The Kier molecular flexibility index (Phi) is 4.00. The Morgan fingerprint density at radius 3 is 2.77 bits per heavy atom. The van der Waals surface area contributed by atoms with E-state index in [9.17, 15) is 0 Å². The summed E-state index contributed by atoms with van der Waals surface area (Å²) in [6, 6.07) is 1.91. The average molecular weight is 265 g/mol. The molecule has 72 valence electrons. The van der Waals surface area contributed by atoms with Gasteiger partial charge in [0.15, 0.2) is 0 Å². The van der Waals surface area contributed by atoms with E-state index >= 15 is 0 Å². The zero-order valence-electron chi connectivity index (χ0n) is 7.55. The van der Waals surface area contributed by atoms with Crippen molar-refractivity contribution in [3.63, 3.8) is 0 Å². The molecule has 0 N–H and O–H groups in total. The lowest BCUT2D eigenvalue weighted by molar-refractivity contribution is 0.231. The van der Waals surface area contributed by atoms with Gasteiger partial charge in [0.25, 0.3) is 0 Å². The fraction of sp³-hybridized carbons (Fsp3) is 0.444. The molecule has 0 amide bonds. The molecule has 0 aliphatic rings. The standard InChI is InChI=1S/C9H11BrClNO/c1-6(2)13-9-8(10)3-7(4-11)5-12-9/h3,5-6H,4H2,1-2H3. The van der Waals surface area contributed by atoms with E-state index in [1.165, 1.54) is 0 Å². The molecular weight excluding hydrogens is 253 g/mol. The molecule has 1 aromatic heterocycles. The summed E-state index contributed by atoms with van der Waals surface area (Å²) in [5.74, 6) is 1.08. The van der Waals surface area contributed by atoms with Crippen LogP contribution >= 0.6 is 27.5 Å². The maximum atomic E-state index is 5.66. The van der Waals surface area contributed by atoms with E-state index in [-0.39, 0.29) is 6.10 Å². The van der Waals surface area contributed by atoms with Gasteiger partial charge in [-0.3, -0.25) is 0 Å². The molecule has 13 heavy (non-hydrogen) atoms. The van der Waals surface area contributed by atoms with Crippen molar-refractivity contribution >= 4 is 27.5 Å². The number of pyridine rings is 1. The lowest BCUT2D eigenvalue weighted by Gasteiger charge is -2.10. The first-order valence-corrected chi connectivity index (χ1v) is 5.33. The van der Waals surface area contributed by atoms with Gasteiger partial charge < -0.3 is 4.74 Å². The van der Waals surface area contributed by atoms with Crippen molar-refractivity contribution in [3.05, 3.63) is 22.3 Å². The molecule has 0 aliphatic carbocycles. The number of nitrogens with zero attached hydrogens (tertiary/aromatic N) is 1. The quantitative estimate of drug-likeness (QED) is 0.781. The summed E-state index contributed by atoms with van der Waals surface area (Å²) in [6.45, 7) is 3.92. The van der Waals surface area contributed by atoms with Gasteiger partial charge in [0.2, 0.25) is 5.88 Å². The third-order valence-corrected chi connectivity index (χ3v) is 2.24. The van der Waals surface area contributed by atoms with Crippen LogP contribution in [0.1, 0.15) is 19.4 Å². The van der Waals surface area contributed by atoms with Gasteiger partial charge in [-0.05, 0) is 41.4 Å². The predicted octanol–water partition coefficient (Wildman–Crippen LogP) is 3.37. The van der Waals surface area contributed by atoms with Crippen molar-refractivity contribution < 1.29 is 4.74 Å². The van der Waals surface area contributed by atoms with E-state index in [0.29, 0.717) is 11.8 Å². The lowest BCUT2D eigenvalue weighted by atomic mass is 10.3. The normalized spacial score (nSPS) is 10.5. The number of hydrogen-bond donors (Lipinski definition) is 0. The van der Waals surface area contributed by atoms with Crippen LogP contribution in [0.2, 0.25) is 0 Å². The Hall–Kier alpha value is -0.280. The first-order chi connectivity index (χ1) is 6.13. The maximum Gasteiger partial charge on any atom is 0.228 e. The minimum atomic E-state index is 0.130. The summed E-state index contributed by atoms with van der Waals surface area (Å²) in [6.07, 6.45) is 1.85. The number of aromatic nitrogens is 1. The second-order valence-corrected chi connectivity index (χ2v) is 4.05. The SMILES string of the molecule is CC(C)Oc1ncc(CCl)cc1Br. The third kappa shape index (κ3) is 3.16. The maximum absolute atomic E-state index is 5.66. The van der Waals surface area contributed by atoms with Gasteiger partial charge in [0, 0.05) is 12.1 Å². The topological polar surface area (TPSA) is 22.1 Å². The molecule has 0 fully saturated rings. The molecule has 0 aromatic carbocycles. The molecule has 0 unspecified atom stereocenters. The molecule has 0 atom stereocenters. The van der Waals surface area contributed by atoms with E-state index in [1.54, 1.807) is 6.20 Å². The molecule has 0 spiro atoms. The summed E-state index contributed by atoms with van der Waals surface area (Å²) in [5, 5.41) is 0. The molecule has 1 aromatic rings. The molecule has 1 rings (SSSR count). The fourth-order valence-corrected chi connectivity index (χ4v) is 1.48. The monoisotopic (exact) mass is 263 g/mol. The zero-order valence-corrected chi connectivity index (χ0v) is 9.89. The summed E-state index contributed by atoms with van der Waals surface area (Å²) in [5.41, 5.74) is 0.977. The van der Waals surface area contributed by atoms with Crippen LogP contribution in [0, 0.1) is 0 Å². The average Bonchev–Trinajstić information content (AvgIpc) is 2.08. The van der Waals surface area contributed by atoms with Gasteiger partial charge in [0.1, 0.15) is 0 Å². The highest BCUT2D eigenvalue weighted by Crippen LogP contribution is 2.24. The van der Waals surface area contributed by atoms with Crippen LogP contribution in [0.5, 0.6) is 5.88 Å². The van der Waals surface area contributed by atoms with Crippen molar-refractivity contribution in [1.82, 2.24) is 4.98 Å². The molecule has 0 bridgehead atoms. The van der Waals surface area contributed by atoms with Crippen LogP contribution in [-0.2, 0) is 5.88 Å². The minimum absolute atomic E-state index is 0.130. The van der Waals surface area contributed by atoms with Crippen molar-refractivity contribution in [3.8, 4) is 5.88 Å². The van der Waals surface area contributed by atoms with Crippen LogP contribution in [0.3, 0.4) is 0 Å². The second-order valence-electron chi connectivity index (χ2n) is 2.93. The van der Waals surface area contributed by atoms with Crippen LogP contribution in [-0.4, -0.2) is 11.1 Å². The Balaban J connectivity index is 2.85. The number of rotatable bonds is 3. The highest BCUT2D eigenvalue weighted by molar-refractivity contribution is 9.10. The van der Waals surface area contributed by atoms with E-state index in [1.807, 2.05) is 19.9 Å². The summed E-state index contributed by atoms with van der Waals surface area (Å²) < 4.78 is 6.29. The van der Waals surface area contributed by atoms with Gasteiger partial charge in [-0.1, -0.05) is 0 Å². The second kappa shape index (κ2) is 4.82. The third-order valence-electron chi connectivity index (χ3n) is 1.37. The van der Waals surface area contributed by atoms with Gasteiger partial charge in [0.05, 0.1) is 10.6 Å². The molecule has 0 aliphatic heterocycles. The Labute approximate surface area is 91.4 Å². The molecule has 0 radical (unpaired) electrons. The molecular formula is C9H11BrClNO. The Bertz CT molecular complexity index is 291. The molecule has 2 nitrogen and oxygen atoms in total. The zero-order chi connectivity index (χ0) is 9.84. The van der Waals surface area contributed by atoms with Crippen molar-refractivity contribution in [1.29, 1.82) is 0 Å². The largest absolute Gasteiger partial charge is 0.474 e. The van der Waals surface area contributed by atoms with Gasteiger partial charge >= 0.3 is 0 Å². The molecule has 0 saturated carbocycles. The van der Waals surface area contributed by atoms with Gasteiger partial charge in [-0.25, -0.2) is 4.98 Å². The molecule has 4 heteroatoms. The van der Waals surface area contributed by atoms with Gasteiger partial charge in [-0.15, -0.1) is 11.6 Å². The summed E-state index contributed by atoms with van der Waals surface area (Å²) >= 11 is 9.03. The highest BCUT2D eigenvalue weighted by atomic mass is 79.9.